The maximum atomic E-state index is 11.3. The van der Waals surface area contributed by atoms with Crippen molar-refractivity contribution in [2.45, 2.75) is 13.0 Å². The Bertz CT molecular complexity index is 374. The fourth-order valence-electron chi connectivity index (χ4n) is 1.97. The number of piperazine rings is 1. The molecule has 4 nitrogen and oxygen atoms in total. The molecule has 1 fully saturated rings. The third-order valence-electron chi connectivity index (χ3n) is 3.03. The van der Waals surface area contributed by atoms with Gasteiger partial charge in [0.1, 0.15) is 0 Å². The molecule has 1 aliphatic rings. The Hall–Kier alpha value is -1.55. The highest BCUT2D eigenvalue weighted by Crippen LogP contribution is 2.21. The molecule has 1 aromatic carbocycles. The minimum Gasteiger partial charge on any atom is -0.399 e. The van der Waals surface area contributed by atoms with Crippen LogP contribution in [0, 0.1) is 0 Å². The highest BCUT2D eigenvalue weighted by Gasteiger charge is 2.21. The lowest BCUT2D eigenvalue weighted by molar-refractivity contribution is -0.124. The van der Waals surface area contributed by atoms with Gasteiger partial charge >= 0.3 is 0 Å². The van der Waals surface area contributed by atoms with Crippen molar-refractivity contribution in [1.82, 2.24) is 10.2 Å². The van der Waals surface area contributed by atoms with E-state index in [2.05, 4.69) is 17.1 Å². The first-order valence-corrected chi connectivity index (χ1v) is 5.53. The van der Waals surface area contributed by atoms with Crippen molar-refractivity contribution in [2.24, 2.45) is 0 Å². The summed E-state index contributed by atoms with van der Waals surface area (Å²) in [4.78, 5) is 13.5. The van der Waals surface area contributed by atoms with E-state index in [4.69, 9.17) is 5.73 Å². The maximum absolute atomic E-state index is 11.3. The van der Waals surface area contributed by atoms with Crippen LogP contribution in [0.1, 0.15) is 18.5 Å². The van der Waals surface area contributed by atoms with Crippen LogP contribution in [0.2, 0.25) is 0 Å². The summed E-state index contributed by atoms with van der Waals surface area (Å²) in [6.45, 7) is 4.23. The van der Waals surface area contributed by atoms with Crippen LogP contribution in [0.4, 0.5) is 5.69 Å². The van der Waals surface area contributed by atoms with E-state index in [1.165, 1.54) is 5.56 Å². The molecule has 0 radical (unpaired) electrons. The zero-order valence-corrected chi connectivity index (χ0v) is 9.44. The molecule has 1 heterocycles. The second-order valence-corrected chi connectivity index (χ2v) is 4.16. The van der Waals surface area contributed by atoms with Gasteiger partial charge in [-0.05, 0) is 24.6 Å². The van der Waals surface area contributed by atoms with Crippen LogP contribution in [-0.4, -0.2) is 30.4 Å². The van der Waals surface area contributed by atoms with Crippen LogP contribution in [0.5, 0.6) is 0 Å². The Kier molecular flexibility index (Phi) is 3.10. The fourth-order valence-corrected chi connectivity index (χ4v) is 1.97. The molecule has 16 heavy (non-hydrogen) atoms. The van der Waals surface area contributed by atoms with Gasteiger partial charge in [-0.25, -0.2) is 0 Å². The van der Waals surface area contributed by atoms with Gasteiger partial charge in [-0.2, -0.15) is 0 Å². The van der Waals surface area contributed by atoms with E-state index in [0.29, 0.717) is 6.54 Å². The van der Waals surface area contributed by atoms with Gasteiger partial charge in [0, 0.05) is 24.8 Å². The predicted octanol–water partition coefficient (Wildman–Crippen LogP) is 0.762. The number of benzene rings is 1. The molecule has 86 valence electrons. The Labute approximate surface area is 95.4 Å². The number of carbonyl (C=O) groups is 1. The normalized spacial score (nSPS) is 19.2. The summed E-state index contributed by atoms with van der Waals surface area (Å²) in [5.41, 5.74) is 7.62. The van der Waals surface area contributed by atoms with Crippen molar-refractivity contribution in [3.05, 3.63) is 29.8 Å². The third-order valence-corrected chi connectivity index (χ3v) is 3.03. The number of nitrogens with two attached hydrogens (primary N) is 1. The van der Waals surface area contributed by atoms with Crippen LogP contribution in [0.15, 0.2) is 24.3 Å². The molecule has 0 aromatic heterocycles. The number of nitrogens with zero attached hydrogens (tertiary/aromatic N) is 1. The summed E-state index contributed by atoms with van der Waals surface area (Å²) in [6, 6.07) is 8.09. The van der Waals surface area contributed by atoms with E-state index >= 15 is 0 Å². The third kappa shape index (κ3) is 2.33. The van der Waals surface area contributed by atoms with Crippen molar-refractivity contribution >= 4 is 11.6 Å². The molecule has 1 amide bonds. The largest absolute Gasteiger partial charge is 0.399 e. The SMILES string of the molecule is CC(c1ccc(N)cc1)N1CCNC(=O)C1. The summed E-state index contributed by atoms with van der Waals surface area (Å²) in [5.74, 6) is 0.105. The molecule has 0 spiro atoms. The minimum atomic E-state index is 0.105. The first kappa shape index (κ1) is 11.0. The molecule has 0 aliphatic carbocycles. The lowest BCUT2D eigenvalue weighted by Crippen LogP contribution is -2.48. The molecule has 1 aromatic rings. The van der Waals surface area contributed by atoms with Gasteiger partial charge in [0.05, 0.1) is 6.54 Å². The van der Waals surface area contributed by atoms with Crippen molar-refractivity contribution in [2.75, 3.05) is 25.4 Å². The second kappa shape index (κ2) is 4.53. The molecule has 2 rings (SSSR count). The maximum Gasteiger partial charge on any atom is 0.234 e. The zero-order valence-electron chi connectivity index (χ0n) is 9.44. The topological polar surface area (TPSA) is 58.4 Å². The Balaban J connectivity index is 2.08. The standard InChI is InChI=1S/C12H17N3O/c1-9(10-2-4-11(13)5-3-10)15-7-6-14-12(16)8-15/h2-5,9H,6-8,13H2,1H3,(H,14,16). The smallest absolute Gasteiger partial charge is 0.234 e. The molecular weight excluding hydrogens is 202 g/mol. The number of amides is 1. The fraction of sp³-hybridized carbons (Fsp3) is 0.417. The van der Waals surface area contributed by atoms with Crippen molar-refractivity contribution in [3.8, 4) is 0 Å². The van der Waals surface area contributed by atoms with Crippen LogP contribution < -0.4 is 11.1 Å². The number of hydrogen-bond acceptors (Lipinski definition) is 3. The molecule has 3 N–H and O–H groups in total. The van der Waals surface area contributed by atoms with Gasteiger partial charge in [0.15, 0.2) is 0 Å². The summed E-state index contributed by atoms with van der Waals surface area (Å²) in [7, 11) is 0. The Morgan fingerprint density at radius 3 is 2.69 bits per heavy atom. The lowest BCUT2D eigenvalue weighted by Gasteiger charge is -2.32. The molecule has 1 aliphatic heterocycles. The number of carbonyl (C=O) groups excluding carboxylic acids is 1. The summed E-state index contributed by atoms with van der Waals surface area (Å²) < 4.78 is 0. The van der Waals surface area contributed by atoms with Crippen LogP contribution >= 0.6 is 0 Å². The van der Waals surface area contributed by atoms with Crippen molar-refractivity contribution in [1.29, 1.82) is 0 Å². The molecule has 0 saturated carbocycles. The monoisotopic (exact) mass is 219 g/mol. The van der Waals surface area contributed by atoms with E-state index in [1.807, 2.05) is 24.3 Å². The van der Waals surface area contributed by atoms with Gasteiger partial charge in [-0.1, -0.05) is 12.1 Å². The van der Waals surface area contributed by atoms with Crippen molar-refractivity contribution < 1.29 is 4.79 Å². The first-order chi connectivity index (χ1) is 7.66. The van der Waals surface area contributed by atoms with E-state index in [1.54, 1.807) is 0 Å². The quantitative estimate of drug-likeness (QED) is 0.722. The van der Waals surface area contributed by atoms with Gasteiger partial charge in [-0.15, -0.1) is 0 Å². The second-order valence-electron chi connectivity index (χ2n) is 4.16. The first-order valence-electron chi connectivity index (χ1n) is 5.53. The number of rotatable bonds is 2. The Morgan fingerprint density at radius 1 is 1.38 bits per heavy atom. The van der Waals surface area contributed by atoms with Crippen molar-refractivity contribution in [3.63, 3.8) is 0 Å². The predicted molar refractivity (Wildman–Crippen MR) is 63.9 cm³/mol. The zero-order chi connectivity index (χ0) is 11.5. The molecular formula is C12H17N3O. The van der Waals surface area contributed by atoms with Gasteiger partial charge < -0.3 is 11.1 Å². The average molecular weight is 219 g/mol. The van der Waals surface area contributed by atoms with E-state index in [0.717, 1.165) is 18.8 Å². The number of nitrogen functional groups attached to an aromatic ring is 1. The lowest BCUT2D eigenvalue weighted by atomic mass is 10.1. The molecule has 1 atom stereocenters. The van der Waals surface area contributed by atoms with E-state index in [-0.39, 0.29) is 11.9 Å². The highest BCUT2D eigenvalue weighted by atomic mass is 16.2. The highest BCUT2D eigenvalue weighted by molar-refractivity contribution is 5.78. The molecule has 0 bridgehead atoms. The van der Waals surface area contributed by atoms with E-state index in [9.17, 15) is 4.79 Å². The van der Waals surface area contributed by atoms with Crippen LogP contribution in [-0.2, 0) is 4.79 Å². The molecule has 4 heteroatoms. The van der Waals surface area contributed by atoms with Gasteiger partial charge in [0.25, 0.3) is 0 Å². The number of nitrogens with one attached hydrogen (secondary N) is 1. The van der Waals surface area contributed by atoms with E-state index < -0.39 is 0 Å². The van der Waals surface area contributed by atoms with Crippen LogP contribution in [0.25, 0.3) is 0 Å². The minimum absolute atomic E-state index is 0.105. The summed E-state index contributed by atoms with van der Waals surface area (Å²) in [5, 5.41) is 2.83. The number of hydrogen-bond donors (Lipinski definition) is 2. The summed E-state index contributed by atoms with van der Waals surface area (Å²) in [6.07, 6.45) is 0. The Morgan fingerprint density at radius 2 is 2.06 bits per heavy atom. The van der Waals surface area contributed by atoms with Gasteiger partial charge in [-0.3, -0.25) is 9.69 Å². The van der Waals surface area contributed by atoms with Gasteiger partial charge in [0.2, 0.25) is 5.91 Å². The summed E-state index contributed by atoms with van der Waals surface area (Å²) >= 11 is 0. The van der Waals surface area contributed by atoms with Crippen LogP contribution in [0.3, 0.4) is 0 Å². The molecule has 1 unspecified atom stereocenters. The average Bonchev–Trinajstić information content (AvgIpc) is 2.29. The molecule has 1 saturated heterocycles. The number of anilines is 1.